The molecule has 0 radical (unpaired) electrons. The van der Waals surface area contributed by atoms with E-state index < -0.39 is 0 Å². The number of nitrogens with one attached hydrogen (secondary N) is 1. The zero-order valence-corrected chi connectivity index (χ0v) is 23.7. The van der Waals surface area contributed by atoms with E-state index in [1.807, 2.05) is 52.0 Å². The van der Waals surface area contributed by atoms with Gasteiger partial charge in [-0.05, 0) is 94.8 Å². The smallest absolute Gasteiger partial charge is 0.140 e. The number of benzene rings is 2. The normalized spacial score (nSPS) is 17.4. The number of ether oxygens (including phenoxy) is 2. The fourth-order valence-corrected chi connectivity index (χ4v) is 6.20. The number of hydrogen-bond acceptors (Lipinski definition) is 7. The molecule has 1 atom stereocenters. The van der Waals surface area contributed by atoms with Crippen LogP contribution in [0.5, 0.6) is 11.5 Å². The summed E-state index contributed by atoms with van der Waals surface area (Å²) in [5.41, 5.74) is 7.02. The molecule has 1 saturated carbocycles. The van der Waals surface area contributed by atoms with Crippen molar-refractivity contribution >= 4 is 10.9 Å². The van der Waals surface area contributed by atoms with Crippen molar-refractivity contribution < 1.29 is 9.47 Å². The molecule has 2 aromatic heterocycles. The van der Waals surface area contributed by atoms with Crippen LogP contribution in [0.15, 0.2) is 36.5 Å². The lowest BCUT2D eigenvalue weighted by Gasteiger charge is -2.41. The minimum atomic E-state index is -0.187. The van der Waals surface area contributed by atoms with Crippen LogP contribution in [0.4, 0.5) is 0 Å². The first-order chi connectivity index (χ1) is 19.4. The topological polar surface area (TPSA) is 99.9 Å². The second-order valence-corrected chi connectivity index (χ2v) is 11.3. The summed E-state index contributed by atoms with van der Waals surface area (Å²) < 4.78 is 12.8. The maximum atomic E-state index is 10.1. The Bertz CT molecular complexity index is 1560. The van der Waals surface area contributed by atoms with Crippen LogP contribution in [0.2, 0.25) is 0 Å². The molecule has 206 valence electrons. The highest BCUT2D eigenvalue weighted by atomic mass is 16.5. The fourth-order valence-electron chi connectivity index (χ4n) is 6.20. The van der Waals surface area contributed by atoms with Crippen molar-refractivity contribution in [3.63, 3.8) is 0 Å². The van der Waals surface area contributed by atoms with E-state index in [2.05, 4.69) is 37.4 Å². The first-order valence-electron chi connectivity index (χ1n) is 14.3. The third-order valence-electron chi connectivity index (χ3n) is 8.55. The summed E-state index contributed by atoms with van der Waals surface area (Å²) in [6.45, 7) is 10.2. The van der Waals surface area contributed by atoms with Crippen LogP contribution in [0.25, 0.3) is 22.2 Å². The van der Waals surface area contributed by atoms with E-state index in [-0.39, 0.29) is 12.2 Å². The summed E-state index contributed by atoms with van der Waals surface area (Å²) >= 11 is 0. The number of aryl methyl sites for hydroxylation is 3. The molecule has 2 aromatic carbocycles. The van der Waals surface area contributed by atoms with Crippen LogP contribution >= 0.6 is 0 Å². The zero-order valence-electron chi connectivity index (χ0n) is 23.7. The van der Waals surface area contributed by atoms with Crippen LogP contribution in [0.1, 0.15) is 73.1 Å². The van der Waals surface area contributed by atoms with E-state index in [9.17, 15) is 5.26 Å². The standard InChI is InChI=1S/C32H36N6O2/c1-19-14-23(15-24(17-33)32(19)40-26-10-12-38(13-11-26)25-6-5-7-25)31-28-16-27(8-9-29(28)36-37-31)39-22(4)30-20(2)18-34-35-21(30)3/h8-9,14-16,18,22,25-26H,5-7,10-13H2,1-4H3,(H,36,37)/t22-/m1/s1. The fraction of sp³-hybridized carbons (Fsp3) is 0.438. The Hall–Kier alpha value is -3.96. The third-order valence-corrected chi connectivity index (χ3v) is 8.55. The van der Waals surface area contributed by atoms with Crippen molar-refractivity contribution in [2.75, 3.05) is 13.1 Å². The maximum Gasteiger partial charge on any atom is 0.140 e. The molecule has 2 fully saturated rings. The van der Waals surface area contributed by atoms with Gasteiger partial charge in [0, 0.05) is 35.6 Å². The molecule has 0 bridgehead atoms. The lowest BCUT2D eigenvalue weighted by molar-refractivity contribution is 0.0489. The minimum Gasteiger partial charge on any atom is -0.489 e. The van der Waals surface area contributed by atoms with Crippen molar-refractivity contribution in [3.8, 4) is 28.8 Å². The monoisotopic (exact) mass is 536 g/mol. The number of aromatic nitrogens is 4. The Morgan fingerprint density at radius 3 is 2.55 bits per heavy atom. The molecule has 4 aromatic rings. The Morgan fingerprint density at radius 1 is 1.05 bits per heavy atom. The molecule has 0 amide bonds. The van der Waals surface area contributed by atoms with Gasteiger partial charge in [-0.3, -0.25) is 5.10 Å². The molecule has 1 aliphatic heterocycles. The molecular weight excluding hydrogens is 500 g/mol. The van der Waals surface area contributed by atoms with E-state index in [1.165, 1.54) is 19.3 Å². The van der Waals surface area contributed by atoms with Crippen LogP contribution in [0, 0.1) is 32.1 Å². The lowest BCUT2D eigenvalue weighted by atomic mass is 9.89. The summed E-state index contributed by atoms with van der Waals surface area (Å²) in [4.78, 5) is 2.61. The summed E-state index contributed by atoms with van der Waals surface area (Å²) in [5, 5.41) is 27.0. The van der Waals surface area contributed by atoms with Crippen LogP contribution in [0.3, 0.4) is 0 Å². The molecule has 8 heteroatoms. The highest BCUT2D eigenvalue weighted by molar-refractivity contribution is 5.94. The average Bonchev–Trinajstić information content (AvgIpc) is 3.33. The quantitative estimate of drug-likeness (QED) is 0.294. The van der Waals surface area contributed by atoms with E-state index in [4.69, 9.17) is 9.47 Å². The van der Waals surface area contributed by atoms with Crippen molar-refractivity contribution in [2.24, 2.45) is 0 Å². The number of nitriles is 1. The second-order valence-electron chi connectivity index (χ2n) is 11.3. The van der Waals surface area contributed by atoms with Crippen molar-refractivity contribution in [3.05, 3.63) is 64.5 Å². The number of rotatable bonds is 7. The average molecular weight is 537 g/mol. The van der Waals surface area contributed by atoms with Crippen LogP contribution < -0.4 is 9.47 Å². The van der Waals surface area contributed by atoms with Gasteiger partial charge in [0.1, 0.15) is 35.5 Å². The summed E-state index contributed by atoms with van der Waals surface area (Å²) in [5.74, 6) is 1.44. The molecule has 8 nitrogen and oxygen atoms in total. The van der Waals surface area contributed by atoms with Crippen molar-refractivity contribution in [1.29, 1.82) is 5.26 Å². The van der Waals surface area contributed by atoms with Gasteiger partial charge in [0.2, 0.25) is 0 Å². The lowest BCUT2D eigenvalue weighted by Crippen LogP contribution is -2.46. The Morgan fingerprint density at radius 2 is 1.85 bits per heavy atom. The molecule has 0 unspecified atom stereocenters. The molecule has 1 aliphatic carbocycles. The van der Waals surface area contributed by atoms with Gasteiger partial charge in [-0.1, -0.05) is 6.42 Å². The zero-order chi connectivity index (χ0) is 27.8. The molecule has 1 saturated heterocycles. The van der Waals surface area contributed by atoms with E-state index >= 15 is 0 Å². The van der Waals surface area contributed by atoms with Gasteiger partial charge in [-0.2, -0.15) is 20.6 Å². The van der Waals surface area contributed by atoms with E-state index in [0.717, 1.165) is 82.3 Å². The number of hydrogen-bond donors (Lipinski definition) is 1. The van der Waals surface area contributed by atoms with Crippen molar-refractivity contribution in [2.45, 2.75) is 78.0 Å². The number of likely N-dealkylation sites (tertiary alicyclic amines) is 1. The Kier molecular flexibility index (Phi) is 7.16. The molecule has 1 N–H and O–H groups in total. The van der Waals surface area contributed by atoms with Gasteiger partial charge in [0.25, 0.3) is 0 Å². The van der Waals surface area contributed by atoms with Gasteiger partial charge < -0.3 is 14.4 Å². The summed E-state index contributed by atoms with van der Waals surface area (Å²) in [7, 11) is 0. The molecule has 6 rings (SSSR count). The molecule has 3 heterocycles. The highest BCUT2D eigenvalue weighted by Crippen LogP contribution is 2.36. The highest BCUT2D eigenvalue weighted by Gasteiger charge is 2.30. The first-order valence-corrected chi connectivity index (χ1v) is 14.3. The molecule has 0 spiro atoms. The third kappa shape index (κ3) is 5.02. The van der Waals surface area contributed by atoms with E-state index in [0.29, 0.717) is 11.3 Å². The number of aromatic amines is 1. The van der Waals surface area contributed by atoms with E-state index in [1.54, 1.807) is 6.20 Å². The maximum absolute atomic E-state index is 10.1. The number of fused-ring (bicyclic) bond motifs is 1. The summed E-state index contributed by atoms with van der Waals surface area (Å²) in [6.07, 6.45) is 7.75. The van der Waals surface area contributed by atoms with Crippen LogP contribution in [-0.4, -0.2) is 50.5 Å². The largest absolute Gasteiger partial charge is 0.489 e. The van der Waals surface area contributed by atoms with Gasteiger partial charge in [-0.15, -0.1) is 0 Å². The number of H-pyrrole nitrogens is 1. The Balaban J connectivity index is 1.24. The van der Waals surface area contributed by atoms with Gasteiger partial charge in [0.05, 0.1) is 23.0 Å². The first kappa shape index (κ1) is 26.3. The van der Waals surface area contributed by atoms with Gasteiger partial charge >= 0.3 is 0 Å². The number of nitrogens with zero attached hydrogens (tertiary/aromatic N) is 5. The van der Waals surface area contributed by atoms with Gasteiger partial charge in [-0.25, -0.2) is 0 Å². The number of piperidine rings is 1. The Labute approximate surface area is 235 Å². The molecular formula is C32H36N6O2. The molecule has 2 aliphatic rings. The SMILES string of the molecule is Cc1cc(-c2n[nH]c3ccc(O[C@H](C)c4c(C)cnnc4C)cc23)cc(C#N)c1OC1CCN(C2CCC2)CC1. The van der Waals surface area contributed by atoms with Crippen LogP contribution in [-0.2, 0) is 0 Å². The predicted molar refractivity (Wildman–Crippen MR) is 154 cm³/mol. The van der Waals surface area contributed by atoms with Crippen molar-refractivity contribution in [1.82, 2.24) is 25.3 Å². The predicted octanol–water partition coefficient (Wildman–Crippen LogP) is 6.35. The van der Waals surface area contributed by atoms with Gasteiger partial charge in [0.15, 0.2) is 0 Å². The summed E-state index contributed by atoms with van der Waals surface area (Å²) in [6, 6.07) is 13.0. The minimum absolute atomic E-state index is 0.142. The second kappa shape index (κ2) is 10.9. The molecule has 40 heavy (non-hydrogen) atoms.